The number of anilines is 1. The first-order valence-electron chi connectivity index (χ1n) is 3.88. The molecule has 1 rings (SSSR count). The van der Waals surface area contributed by atoms with Gasteiger partial charge in [0.25, 0.3) is 0 Å². The summed E-state index contributed by atoms with van der Waals surface area (Å²) in [6, 6.07) is 0. The summed E-state index contributed by atoms with van der Waals surface area (Å²) >= 11 is 1.45. The third-order valence-corrected chi connectivity index (χ3v) is 2.12. The molecule has 2 N–H and O–H groups in total. The van der Waals surface area contributed by atoms with Crippen molar-refractivity contribution in [1.82, 2.24) is 10.3 Å². The van der Waals surface area contributed by atoms with Crippen molar-refractivity contribution in [3.63, 3.8) is 0 Å². The van der Waals surface area contributed by atoms with Gasteiger partial charge >= 0.3 is 0 Å². The molecule has 0 saturated carbocycles. The molecule has 0 aliphatic carbocycles. The van der Waals surface area contributed by atoms with Crippen LogP contribution >= 0.6 is 11.3 Å². The van der Waals surface area contributed by atoms with Crippen LogP contribution < -0.4 is 16.2 Å². The van der Waals surface area contributed by atoms with Crippen LogP contribution in [0.25, 0.3) is 0 Å². The smallest absolute Gasteiger partial charge is 0.216 e. The summed E-state index contributed by atoms with van der Waals surface area (Å²) in [6.45, 7) is 2.74. The molecule has 13 heavy (non-hydrogen) atoms. The quantitative estimate of drug-likeness (QED) is 0.502. The molecule has 0 saturated heterocycles. The van der Waals surface area contributed by atoms with Crippen LogP contribution in [0.1, 0.15) is 6.92 Å². The van der Waals surface area contributed by atoms with E-state index in [4.69, 9.17) is 7.85 Å². The summed E-state index contributed by atoms with van der Waals surface area (Å²) in [5.74, 6) is -0.0274. The van der Waals surface area contributed by atoms with Crippen molar-refractivity contribution in [2.75, 3.05) is 18.4 Å². The van der Waals surface area contributed by atoms with Gasteiger partial charge in [-0.1, -0.05) is 0 Å². The van der Waals surface area contributed by atoms with Crippen LogP contribution in [-0.4, -0.2) is 31.8 Å². The van der Waals surface area contributed by atoms with Crippen LogP contribution in [0.15, 0.2) is 5.38 Å². The van der Waals surface area contributed by atoms with Crippen LogP contribution in [0.2, 0.25) is 0 Å². The first-order valence-corrected chi connectivity index (χ1v) is 4.76. The Kier molecular flexibility index (Phi) is 3.76. The molecule has 0 atom stereocenters. The molecule has 1 aromatic heterocycles. The molecule has 4 nitrogen and oxygen atoms in total. The van der Waals surface area contributed by atoms with E-state index >= 15 is 0 Å². The summed E-state index contributed by atoms with van der Waals surface area (Å²) in [5, 5.41) is 8.25. The van der Waals surface area contributed by atoms with Gasteiger partial charge in [-0.3, -0.25) is 4.79 Å². The number of thiazole rings is 1. The van der Waals surface area contributed by atoms with Gasteiger partial charge in [0.1, 0.15) is 7.85 Å². The number of carbonyl (C=O) groups excluding carboxylic acids is 1. The van der Waals surface area contributed by atoms with E-state index in [1.54, 1.807) is 5.38 Å². The monoisotopic (exact) mass is 195 g/mol. The topological polar surface area (TPSA) is 54.0 Å². The van der Waals surface area contributed by atoms with Gasteiger partial charge in [0.05, 0.1) is 0 Å². The third kappa shape index (κ3) is 3.94. The summed E-state index contributed by atoms with van der Waals surface area (Å²) in [6.07, 6.45) is 0. The zero-order chi connectivity index (χ0) is 9.68. The highest BCUT2D eigenvalue weighted by molar-refractivity contribution is 7.14. The normalized spacial score (nSPS) is 9.62. The van der Waals surface area contributed by atoms with Gasteiger partial charge in [0, 0.05) is 31.0 Å². The van der Waals surface area contributed by atoms with E-state index in [0.717, 1.165) is 5.13 Å². The van der Waals surface area contributed by atoms with Crippen molar-refractivity contribution in [2.45, 2.75) is 6.92 Å². The molecule has 1 heterocycles. The second-order valence-corrected chi connectivity index (χ2v) is 3.35. The molecule has 0 aromatic carbocycles. The maximum atomic E-state index is 10.5. The van der Waals surface area contributed by atoms with Crippen LogP contribution in [0.4, 0.5) is 5.13 Å². The summed E-state index contributed by atoms with van der Waals surface area (Å²) < 4.78 is 0. The molecule has 68 valence electrons. The van der Waals surface area contributed by atoms with E-state index in [1.807, 2.05) is 0 Å². The average molecular weight is 195 g/mol. The fourth-order valence-corrected chi connectivity index (χ4v) is 1.40. The number of nitrogens with one attached hydrogen (secondary N) is 2. The molecule has 0 unspecified atom stereocenters. The molecule has 6 heteroatoms. The highest BCUT2D eigenvalue weighted by Crippen LogP contribution is 2.06. The predicted molar refractivity (Wildman–Crippen MR) is 54.7 cm³/mol. The second-order valence-electron chi connectivity index (χ2n) is 2.49. The largest absolute Gasteiger partial charge is 0.360 e. The first-order chi connectivity index (χ1) is 6.18. The molecule has 0 aliphatic heterocycles. The molecule has 2 radical (unpaired) electrons. The lowest BCUT2D eigenvalue weighted by molar-refractivity contribution is -0.118. The van der Waals surface area contributed by atoms with Gasteiger partial charge in [-0.25, -0.2) is 4.98 Å². The average Bonchev–Trinajstić information content (AvgIpc) is 2.45. The Balaban J connectivity index is 2.16. The van der Waals surface area contributed by atoms with Crippen LogP contribution in [0, 0.1) is 0 Å². The second kappa shape index (κ2) is 4.86. The molecule has 0 fully saturated rings. The number of aromatic nitrogens is 1. The zero-order valence-corrected chi connectivity index (χ0v) is 8.15. The van der Waals surface area contributed by atoms with E-state index < -0.39 is 0 Å². The number of hydrogen-bond acceptors (Lipinski definition) is 4. The van der Waals surface area contributed by atoms with Gasteiger partial charge in [0.15, 0.2) is 5.13 Å². The number of rotatable bonds is 4. The van der Waals surface area contributed by atoms with Crippen LogP contribution in [-0.2, 0) is 4.79 Å². The molecular weight excluding hydrogens is 185 g/mol. The van der Waals surface area contributed by atoms with Gasteiger partial charge in [-0.05, 0) is 0 Å². The third-order valence-electron chi connectivity index (χ3n) is 1.30. The van der Waals surface area contributed by atoms with Gasteiger partial charge in [-0.15, -0.1) is 11.3 Å². The standard InChI is InChI=1S/C7H10BN3OS/c1-5(12)9-2-3-10-7-11-6(8)4-13-7/h4H,2-3H2,1H3,(H,9,12)(H,10,11). The molecule has 0 bridgehead atoms. The highest BCUT2D eigenvalue weighted by atomic mass is 32.1. The van der Waals surface area contributed by atoms with Crippen molar-refractivity contribution in [3.8, 4) is 0 Å². The lowest BCUT2D eigenvalue weighted by Gasteiger charge is -2.02. The van der Waals surface area contributed by atoms with Crippen molar-refractivity contribution in [3.05, 3.63) is 5.38 Å². The molecule has 1 amide bonds. The SMILES string of the molecule is [B]c1csc(NCCNC(C)=O)n1. The zero-order valence-electron chi connectivity index (χ0n) is 7.33. The van der Waals surface area contributed by atoms with E-state index in [2.05, 4.69) is 15.6 Å². The van der Waals surface area contributed by atoms with Crippen molar-refractivity contribution >= 4 is 35.8 Å². The lowest BCUT2D eigenvalue weighted by Crippen LogP contribution is -2.26. The van der Waals surface area contributed by atoms with Crippen molar-refractivity contribution in [1.29, 1.82) is 0 Å². The van der Waals surface area contributed by atoms with E-state index in [-0.39, 0.29) is 5.91 Å². The van der Waals surface area contributed by atoms with E-state index in [9.17, 15) is 4.79 Å². The lowest BCUT2D eigenvalue weighted by atomic mass is 10.1. The van der Waals surface area contributed by atoms with Crippen molar-refractivity contribution in [2.24, 2.45) is 0 Å². The molecule has 0 aliphatic rings. The minimum atomic E-state index is -0.0274. The Labute approximate surface area is 82.2 Å². The Bertz CT molecular complexity index is 289. The van der Waals surface area contributed by atoms with Gasteiger partial charge in [0.2, 0.25) is 5.91 Å². The number of carbonyl (C=O) groups is 1. The molecule has 0 spiro atoms. The Morgan fingerprint density at radius 3 is 3.00 bits per heavy atom. The number of amides is 1. The molecule has 1 aromatic rings. The number of nitrogens with zero attached hydrogens (tertiary/aromatic N) is 1. The summed E-state index contributed by atoms with van der Waals surface area (Å²) in [7, 11) is 5.42. The fraction of sp³-hybridized carbons (Fsp3) is 0.429. The minimum absolute atomic E-state index is 0.0274. The minimum Gasteiger partial charge on any atom is -0.360 e. The maximum absolute atomic E-state index is 10.5. The van der Waals surface area contributed by atoms with Gasteiger partial charge < -0.3 is 10.6 Å². The van der Waals surface area contributed by atoms with Crippen molar-refractivity contribution < 1.29 is 4.79 Å². The van der Waals surface area contributed by atoms with E-state index in [1.165, 1.54) is 18.3 Å². The Morgan fingerprint density at radius 1 is 1.69 bits per heavy atom. The predicted octanol–water partition coefficient (Wildman–Crippen LogP) is -0.515. The Morgan fingerprint density at radius 2 is 2.46 bits per heavy atom. The first kappa shape index (κ1) is 10.0. The number of hydrogen-bond donors (Lipinski definition) is 2. The molecular formula is C7H10BN3OS. The fourth-order valence-electron chi connectivity index (χ4n) is 0.775. The Hall–Kier alpha value is -1.04. The van der Waals surface area contributed by atoms with E-state index in [0.29, 0.717) is 18.7 Å². The summed E-state index contributed by atoms with van der Waals surface area (Å²) in [5.41, 5.74) is 0.520. The van der Waals surface area contributed by atoms with Crippen LogP contribution in [0.3, 0.4) is 0 Å². The highest BCUT2D eigenvalue weighted by Gasteiger charge is 1.96. The van der Waals surface area contributed by atoms with Gasteiger partial charge in [-0.2, -0.15) is 0 Å². The summed E-state index contributed by atoms with van der Waals surface area (Å²) in [4.78, 5) is 14.5. The van der Waals surface area contributed by atoms with Crippen LogP contribution in [0.5, 0.6) is 0 Å². The maximum Gasteiger partial charge on any atom is 0.216 e.